The Kier molecular flexibility index (Phi) is 3.79. The van der Waals surface area contributed by atoms with Gasteiger partial charge in [-0.1, -0.05) is 24.3 Å². The molecule has 0 N–H and O–H groups in total. The molecule has 2 amide bonds. The molecule has 28 heavy (non-hydrogen) atoms. The van der Waals surface area contributed by atoms with E-state index in [1.165, 1.54) is 11.8 Å². The van der Waals surface area contributed by atoms with E-state index in [-0.39, 0.29) is 60.0 Å². The van der Waals surface area contributed by atoms with Crippen LogP contribution >= 0.6 is 0 Å². The maximum Gasteiger partial charge on any atom is 0.313 e. The van der Waals surface area contributed by atoms with E-state index >= 15 is 0 Å². The highest BCUT2D eigenvalue weighted by Crippen LogP contribution is 2.65. The number of para-hydroxylation sites is 1. The van der Waals surface area contributed by atoms with Gasteiger partial charge >= 0.3 is 5.97 Å². The number of Topliss-reactive ketones (excluding diaryl/α,β-unsaturated/α-hetero) is 1. The van der Waals surface area contributed by atoms with Crippen LogP contribution in [0.2, 0.25) is 0 Å². The van der Waals surface area contributed by atoms with Gasteiger partial charge in [-0.25, -0.2) is 0 Å². The van der Waals surface area contributed by atoms with Gasteiger partial charge in [0.15, 0.2) is 5.78 Å². The number of ether oxygens (including phenoxy) is 1. The largest absolute Gasteiger partial charge is 0.426 e. The van der Waals surface area contributed by atoms with E-state index < -0.39 is 5.97 Å². The number of carbonyl (C=O) groups excluding carboxylic acids is 4. The lowest BCUT2D eigenvalue weighted by atomic mass is 9.63. The number of allylic oxidation sites excluding steroid dienone is 2. The number of rotatable bonds is 5. The molecular formula is C22H21NO5. The lowest BCUT2D eigenvalue weighted by Gasteiger charge is -2.37. The molecule has 6 rings (SSSR count). The summed E-state index contributed by atoms with van der Waals surface area (Å²) in [5, 5.41) is 0. The number of likely N-dealkylation sites (tertiary alicyclic amines) is 1. The zero-order chi connectivity index (χ0) is 19.6. The van der Waals surface area contributed by atoms with Crippen LogP contribution < -0.4 is 4.74 Å². The molecule has 1 aromatic rings. The summed E-state index contributed by atoms with van der Waals surface area (Å²) in [6.07, 6.45) is 5.29. The van der Waals surface area contributed by atoms with Crippen molar-refractivity contribution >= 4 is 23.6 Å². The number of imide groups is 1. The Balaban J connectivity index is 1.26. The molecule has 1 aromatic carbocycles. The number of carbonyl (C=O) groups is 4. The van der Waals surface area contributed by atoms with Crippen molar-refractivity contribution < 1.29 is 23.9 Å². The van der Waals surface area contributed by atoms with Gasteiger partial charge in [0.25, 0.3) is 0 Å². The Morgan fingerprint density at radius 1 is 1.04 bits per heavy atom. The molecule has 4 aliphatic carbocycles. The summed E-state index contributed by atoms with van der Waals surface area (Å²) < 4.78 is 5.31. The lowest BCUT2D eigenvalue weighted by Crippen LogP contribution is -2.40. The van der Waals surface area contributed by atoms with E-state index in [0.29, 0.717) is 17.4 Å². The predicted octanol–water partition coefficient (Wildman–Crippen LogP) is 2.24. The Hall–Kier alpha value is -2.76. The first kappa shape index (κ1) is 17.3. The number of benzene rings is 1. The Labute approximate surface area is 162 Å². The molecule has 0 radical (unpaired) electrons. The molecule has 3 fully saturated rings. The first-order chi connectivity index (χ1) is 13.5. The summed E-state index contributed by atoms with van der Waals surface area (Å²) in [4.78, 5) is 51.0. The molecule has 1 aliphatic heterocycles. The molecular weight excluding hydrogens is 358 g/mol. The number of esters is 1. The van der Waals surface area contributed by atoms with Crippen LogP contribution in [-0.2, 0) is 14.4 Å². The molecule has 2 saturated carbocycles. The van der Waals surface area contributed by atoms with Crippen LogP contribution in [0.5, 0.6) is 5.75 Å². The van der Waals surface area contributed by atoms with E-state index in [9.17, 15) is 19.2 Å². The second kappa shape index (κ2) is 6.12. The van der Waals surface area contributed by atoms with Gasteiger partial charge in [0.05, 0.1) is 23.8 Å². The van der Waals surface area contributed by atoms with Crippen LogP contribution in [0, 0.1) is 35.5 Å². The average molecular weight is 379 g/mol. The summed E-state index contributed by atoms with van der Waals surface area (Å²) in [5.74, 6) is 0.130. The molecule has 0 spiro atoms. The fourth-order valence-electron chi connectivity index (χ4n) is 5.46. The van der Waals surface area contributed by atoms with Gasteiger partial charge in [-0.15, -0.1) is 0 Å². The van der Waals surface area contributed by atoms with E-state index in [4.69, 9.17) is 4.74 Å². The molecule has 1 heterocycles. The quantitative estimate of drug-likeness (QED) is 0.258. The number of hydrogen-bond donors (Lipinski definition) is 0. The summed E-state index contributed by atoms with van der Waals surface area (Å²) >= 11 is 0. The first-order valence-electron chi connectivity index (χ1n) is 9.81. The summed E-state index contributed by atoms with van der Waals surface area (Å²) in [6, 6.07) is 6.54. The van der Waals surface area contributed by atoms with Crippen molar-refractivity contribution in [1.29, 1.82) is 0 Å². The third-order valence-corrected chi connectivity index (χ3v) is 6.78. The maximum absolute atomic E-state index is 12.9. The van der Waals surface area contributed by atoms with Crippen molar-refractivity contribution in [3.63, 3.8) is 0 Å². The van der Waals surface area contributed by atoms with Crippen LogP contribution in [0.3, 0.4) is 0 Å². The fraction of sp³-hybridized carbons (Fsp3) is 0.455. The van der Waals surface area contributed by atoms with Gasteiger partial charge in [-0.2, -0.15) is 0 Å². The van der Waals surface area contributed by atoms with Crippen LogP contribution in [-0.4, -0.2) is 35.0 Å². The summed E-state index contributed by atoms with van der Waals surface area (Å²) in [5.41, 5.74) is 0.331. The minimum atomic E-state index is -0.562. The topological polar surface area (TPSA) is 80.8 Å². The van der Waals surface area contributed by atoms with Crippen LogP contribution in [0.4, 0.5) is 0 Å². The van der Waals surface area contributed by atoms with Crippen molar-refractivity contribution in [1.82, 2.24) is 4.90 Å². The highest BCUT2D eigenvalue weighted by atomic mass is 16.5. The number of nitrogens with zero attached hydrogens (tertiary/aromatic N) is 1. The predicted molar refractivity (Wildman–Crippen MR) is 98.1 cm³/mol. The standard InChI is InChI=1S/C22H21NO5/c1-11(24)12-4-2-3-5-17(12)28-18(25)8-9-23-21(26)19-13-6-7-14(16-10-15(13)16)20(19)22(23)27/h2-7,13-16,19-20H,8-10H2,1H3/t13-,14+,15+,16-,19+,20-. The van der Waals surface area contributed by atoms with E-state index in [1.54, 1.807) is 24.3 Å². The number of hydrogen-bond acceptors (Lipinski definition) is 5. The van der Waals surface area contributed by atoms with Gasteiger partial charge < -0.3 is 4.74 Å². The fourth-order valence-corrected chi connectivity index (χ4v) is 5.46. The van der Waals surface area contributed by atoms with E-state index in [2.05, 4.69) is 12.2 Å². The molecule has 6 heteroatoms. The van der Waals surface area contributed by atoms with Gasteiger partial charge in [0.2, 0.25) is 11.8 Å². The Bertz CT molecular complexity index is 899. The minimum absolute atomic E-state index is 0.0283. The van der Waals surface area contributed by atoms with Crippen molar-refractivity contribution in [2.75, 3.05) is 6.54 Å². The van der Waals surface area contributed by atoms with Crippen molar-refractivity contribution in [2.24, 2.45) is 35.5 Å². The smallest absolute Gasteiger partial charge is 0.313 e. The average Bonchev–Trinajstić information content (AvgIpc) is 3.46. The Morgan fingerprint density at radius 3 is 2.25 bits per heavy atom. The first-order valence-corrected chi connectivity index (χ1v) is 9.81. The molecule has 0 aromatic heterocycles. The lowest BCUT2D eigenvalue weighted by molar-refractivity contribution is -0.141. The van der Waals surface area contributed by atoms with Gasteiger partial charge in [-0.05, 0) is 49.1 Å². The van der Waals surface area contributed by atoms with Crippen LogP contribution in [0.15, 0.2) is 36.4 Å². The molecule has 1 saturated heterocycles. The third-order valence-electron chi connectivity index (χ3n) is 6.78. The zero-order valence-corrected chi connectivity index (χ0v) is 15.5. The monoisotopic (exact) mass is 379 g/mol. The number of amides is 2. The van der Waals surface area contributed by atoms with Crippen LogP contribution in [0.1, 0.15) is 30.1 Å². The van der Waals surface area contributed by atoms with Gasteiger partial charge in [0, 0.05) is 6.54 Å². The summed E-state index contributed by atoms with van der Waals surface area (Å²) in [6.45, 7) is 1.43. The minimum Gasteiger partial charge on any atom is -0.426 e. The molecule has 144 valence electrons. The zero-order valence-electron chi connectivity index (χ0n) is 15.5. The SMILES string of the molecule is CC(=O)c1ccccc1OC(=O)CCN1C(=O)[C@@H]2[C@H]3C=C[C@H]([C@@H]4C[C@H]34)[C@@H]2C1=O. The van der Waals surface area contributed by atoms with E-state index in [0.717, 1.165) is 6.42 Å². The second-order valence-electron chi connectivity index (χ2n) is 8.26. The molecule has 0 unspecified atom stereocenters. The molecule has 5 aliphatic rings. The molecule has 2 bridgehead atoms. The normalized spacial score (nSPS) is 34.2. The van der Waals surface area contributed by atoms with Crippen LogP contribution in [0.25, 0.3) is 0 Å². The number of ketones is 1. The highest BCUT2D eigenvalue weighted by Gasteiger charge is 2.66. The van der Waals surface area contributed by atoms with Crippen molar-refractivity contribution in [2.45, 2.75) is 19.8 Å². The third kappa shape index (κ3) is 2.47. The van der Waals surface area contributed by atoms with Crippen molar-refractivity contribution in [3.05, 3.63) is 42.0 Å². The summed E-state index contributed by atoms with van der Waals surface area (Å²) in [7, 11) is 0. The second-order valence-corrected chi connectivity index (χ2v) is 8.26. The Morgan fingerprint density at radius 2 is 1.64 bits per heavy atom. The van der Waals surface area contributed by atoms with E-state index in [1.807, 2.05) is 0 Å². The maximum atomic E-state index is 12.9. The molecule has 6 nitrogen and oxygen atoms in total. The molecule has 6 atom stereocenters. The van der Waals surface area contributed by atoms with Crippen molar-refractivity contribution in [3.8, 4) is 5.75 Å². The van der Waals surface area contributed by atoms with Gasteiger partial charge in [-0.3, -0.25) is 24.1 Å². The highest BCUT2D eigenvalue weighted by molar-refractivity contribution is 6.06. The van der Waals surface area contributed by atoms with Gasteiger partial charge in [0.1, 0.15) is 5.75 Å².